The molecule has 0 saturated carbocycles. The number of sulfonamides is 1. The second-order valence-electron chi connectivity index (χ2n) is 5.66. The third-order valence-corrected chi connectivity index (χ3v) is 5.42. The minimum absolute atomic E-state index is 0.108. The van der Waals surface area contributed by atoms with Crippen LogP contribution < -0.4 is 10.0 Å². The average Bonchev–Trinajstić information content (AvgIpc) is 2.46. The number of nitrogens with one attached hydrogen (secondary N) is 2. The van der Waals surface area contributed by atoms with E-state index in [1.807, 2.05) is 32.0 Å². The minimum Gasteiger partial charge on any atom is -0.325 e. The number of rotatable bonds is 5. The highest BCUT2D eigenvalue weighted by Crippen LogP contribution is 2.16. The summed E-state index contributed by atoms with van der Waals surface area (Å²) in [5.41, 5.74) is 2.69. The first-order valence-electron chi connectivity index (χ1n) is 7.34. The highest BCUT2D eigenvalue weighted by atomic mass is 79.9. The monoisotopic (exact) mass is 410 g/mol. The van der Waals surface area contributed by atoms with E-state index in [1.54, 1.807) is 12.1 Å². The lowest BCUT2D eigenvalue weighted by Gasteiger charge is -2.15. The largest absolute Gasteiger partial charge is 0.325 e. The maximum atomic E-state index is 12.3. The Bertz CT molecular complexity index is 828. The number of anilines is 1. The van der Waals surface area contributed by atoms with Crippen molar-refractivity contribution in [1.82, 2.24) is 4.72 Å². The van der Waals surface area contributed by atoms with Crippen molar-refractivity contribution in [2.24, 2.45) is 0 Å². The molecule has 0 radical (unpaired) electrons. The first-order valence-corrected chi connectivity index (χ1v) is 9.62. The van der Waals surface area contributed by atoms with Crippen LogP contribution in [-0.4, -0.2) is 20.4 Å². The van der Waals surface area contributed by atoms with E-state index < -0.39 is 22.0 Å². The Balaban J connectivity index is 2.09. The Morgan fingerprint density at radius 2 is 1.58 bits per heavy atom. The van der Waals surface area contributed by atoms with Crippen LogP contribution in [0.15, 0.2) is 51.8 Å². The van der Waals surface area contributed by atoms with Gasteiger partial charge in [-0.25, -0.2) is 8.42 Å². The van der Waals surface area contributed by atoms with Gasteiger partial charge in [0, 0.05) is 10.2 Å². The molecular formula is C17H19BrN2O3S. The van der Waals surface area contributed by atoms with E-state index in [1.165, 1.54) is 19.1 Å². The summed E-state index contributed by atoms with van der Waals surface area (Å²) < 4.78 is 27.8. The Labute approximate surface area is 150 Å². The topological polar surface area (TPSA) is 75.3 Å². The molecule has 0 spiro atoms. The quantitative estimate of drug-likeness (QED) is 0.792. The van der Waals surface area contributed by atoms with E-state index in [2.05, 4.69) is 26.0 Å². The molecule has 0 aliphatic heterocycles. The summed E-state index contributed by atoms with van der Waals surface area (Å²) in [5, 5.41) is 2.73. The van der Waals surface area contributed by atoms with Crippen LogP contribution in [0.25, 0.3) is 0 Å². The molecule has 0 aliphatic rings. The molecule has 0 unspecified atom stereocenters. The minimum atomic E-state index is -3.76. The lowest BCUT2D eigenvalue weighted by atomic mass is 10.1. The first-order chi connectivity index (χ1) is 11.2. The number of halogens is 1. The van der Waals surface area contributed by atoms with Crippen LogP contribution in [0, 0.1) is 13.8 Å². The van der Waals surface area contributed by atoms with Gasteiger partial charge in [0.05, 0.1) is 10.9 Å². The molecule has 0 saturated heterocycles. The van der Waals surface area contributed by atoms with Crippen molar-refractivity contribution >= 4 is 37.5 Å². The number of amides is 1. The number of benzene rings is 2. The van der Waals surface area contributed by atoms with E-state index in [0.29, 0.717) is 5.69 Å². The van der Waals surface area contributed by atoms with Gasteiger partial charge in [0.25, 0.3) is 0 Å². The van der Waals surface area contributed by atoms with Gasteiger partial charge >= 0.3 is 0 Å². The van der Waals surface area contributed by atoms with Gasteiger partial charge in [0.15, 0.2) is 0 Å². The molecule has 24 heavy (non-hydrogen) atoms. The highest BCUT2D eigenvalue weighted by molar-refractivity contribution is 9.10. The van der Waals surface area contributed by atoms with Gasteiger partial charge in [-0.2, -0.15) is 4.72 Å². The average molecular weight is 411 g/mol. The fourth-order valence-electron chi connectivity index (χ4n) is 2.27. The molecule has 0 fully saturated rings. The molecule has 1 amide bonds. The van der Waals surface area contributed by atoms with Crippen molar-refractivity contribution in [2.45, 2.75) is 31.7 Å². The number of aryl methyl sites for hydroxylation is 2. The molecule has 2 aromatic rings. The molecule has 1 atom stereocenters. The summed E-state index contributed by atoms with van der Waals surface area (Å²) in [4.78, 5) is 12.4. The zero-order valence-corrected chi connectivity index (χ0v) is 16.0. The number of hydrogen-bond donors (Lipinski definition) is 2. The van der Waals surface area contributed by atoms with E-state index >= 15 is 0 Å². The van der Waals surface area contributed by atoms with Crippen LogP contribution in [0.5, 0.6) is 0 Å². The Morgan fingerprint density at radius 3 is 2.12 bits per heavy atom. The van der Waals surface area contributed by atoms with Gasteiger partial charge in [-0.1, -0.05) is 22.0 Å². The van der Waals surface area contributed by atoms with Crippen LogP contribution in [0.2, 0.25) is 0 Å². The fraction of sp³-hybridized carbons (Fsp3) is 0.235. The van der Waals surface area contributed by atoms with E-state index in [4.69, 9.17) is 0 Å². The van der Waals surface area contributed by atoms with Crippen LogP contribution in [0.1, 0.15) is 18.1 Å². The predicted molar refractivity (Wildman–Crippen MR) is 98.5 cm³/mol. The standard InChI is InChI=1S/C17H19BrN2O3S/c1-11-8-12(2)10-15(9-11)19-17(21)13(3)20-24(22,23)16-6-4-14(18)5-7-16/h4-10,13,20H,1-3H3,(H,19,21)/t13-/m0/s1. The summed E-state index contributed by atoms with van der Waals surface area (Å²) in [7, 11) is -3.76. The summed E-state index contributed by atoms with van der Waals surface area (Å²) in [6, 6.07) is 11.0. The zero-order valence-electron chi connectivity index (χ0n) is 13.6. The van der Waals surface area contributed by atoms with Crippen LogP contribution >= 0.6 is 15.9 Å². The van der Waals surface area contributed by atoms with Crippen LogP contribution in [-0.2, 0) is 14.8 Å². The van der Waals surface area contributed by atoms with Gasteiger partial charge in [-0.3, -0.25) is 4.79 Å². The van der Waals surface area contributed by atoms with Crippen LogP contribution in [0.3, 0.4) is 0 Å². The molecule has 2 rings (SSSR count). The number of hydrogen-bond acceptors (Lipinski definition) is 3. The third kappa shape index (κ3) is 4.90. The maximum Gasteiger partial charge on any atom is 0.242 e. The third-order valence-electron chi connectivity index (χ3n) is 3.34. The first kappa shape index (κ1) is 18.6. The van der Waals surface area contributed by atoms with Gasteiger partial charge in [0.2, 0.25) is 15.9 Å². The van der Waals surface area contributed by atoms with Crippen molar-refractivity contribution in [3.05, 3.63) is 58.1 Å². The summed E-state index contributed by atoms with van der Waals surface area (Å²) in [6.07, 6.45) is 0. The van der Waals surface area contributed by atoms with Gasteiger partial charge < -0.3 is 5.32 Å². The van der Waals surface area contributed by atoms with E-state index in [-0.39, 0.29) is 4.90 Å². The zero-order chi connectivity index (χ0) is 17.9. The number of carbonyl (C=O) groups excluding carboxylic acids is 1. The molecule has 7 heteroatoms. The normalized spacial score (nSPS) is 12.7. The second kappa shape index (κ2) is 7.46. The lowest BCUT2D eigenvalue weighted by molar-refractivity contribution is -0.117. The van der Waals surface area contributed by atoms with Gasteiger partial charge in [-0.05, 0) is 68.3 Å². The molecule has 0 bridgehead atoms. The second-order valence-corrected chi connectivity index (χ2v) is 8.29. The summed E-state index contributed by atoms with van der Waals surface area (Å²) >= 11 is 3.26. The summed E-state index contributed by atoms with van der Waals surface area (Å²) in [6.45, 7) is 5.37. The molecule has 0 heterocycles. The van der Waals surface area contributed by atoms with Crippen molar-refractivity contribution in [3.8, 4) is 0 Å². The predicted octanol–water partition coefficient (Wildman–Crippen LogP) is 3.37. The summed E-state index contributed by atoms with van der Waals surface area (Å²) in [5.74, 6) is -0.416. The van der Waals surface area contributed by atoms with Crippen molar-refractivity contribution in [3.63, 3.8) is 0 Å². The Morgan fingerprint density at radius 1 is 1.04 bits per heavy atom. The smallest absolute Gasteiger partial charge is 0.242 e. The van der Waals surface area contributed by atoms with Gasteiger partial charge in [-0.15, -0.1) is 0 Å². The Kier molecular flexibility index (Phi) is 5.79. The molecule has 128 valence electrons. The number of carbonyl (C=O) groups is 1. The molecule has 5 nitrogen and oxygen atoms in total. The Hall–Kier alpha value is -1.70. The van der Waals surface area contributed by atoms with E-state index in [9.17, 15) is 13.2 Å². The highest BCUT2D eigenvalue weighted by Gasteiger charge is 2.22. The van der Waals surface area contributed by atoms with Crippen molar-refractivity contribution in [2.75, 3.05) is 5.32 Å². The molecule has 2 N–H and O–H groups in total. The SMILES string of the molecule is Cc1cc(C)cc(NC(=O)[C@H](C)NS(=O)(=O)c2ccc(Br)cc2)c1. The molecule has 2 aromatic carbocycles. The van der Waals surface area contributed by atoms with Gasteiger partial charge in [0.1, 0.15) is 0 Å². The van der Waals surface area contributed by atoms with Crippen molar-refractivity contribution in [1.29, 1.82) is 0 Å². The van der Waals surface area contributed by atoms with E-state index in [0.717, 1.165) is 15.6 Å². The maximum absolute atomic E-state index is 12.3. The lowest BCUT2D eigenvalue weighted by Crippen LogP contribution is -2.41. The molecule has 0 aliphatic carbocycles. The fourth-order valence-corrected chi connectivity index (χ4v) is 3.73. The van der Waals surface area contributed by atoms with Crippen LogP contribution in [0.4, 0.5) is 5.69 Å². The van der Waals surface area contributed by atoms with Crippen molar-refractivity contribution < 1.29 is 13.2 Å². The molecular weight excluding hydrogens is 392 g/mol. The molecule has 0 aromatic heterocycles.